The Bertz CT molecular complexity index is 812. The van der Waals surface area contributed by atoms with Crippen LogP contribution in [0.15, 0.2) is 30.5 Å². The molecular weight excluding hydrogens is 330 g/mol. The Hall–Kier alpha value is -2.35. The Morgan fingerprint density at radius 1 is 1.38 bits per heavy atom. The number of nitrogens with zero attached hydrogens (tertiary/aromatic N) is 1. The van der Waals surface area contributed by atoms with Crippen LogP contribution >= 0.6 is 0 Å². The number of H-pyrrole nitrogens is 1. The number of ether oxygens (including phenoxy) is 1. The number of sulfone groups is 1. The Kier molecular flexibility index (Phi) is 5.61. The highest BCUT2D eigenvalue weighted by atomic mass is 32.2. The lowest BCUT2D eigenvalue weighted by Gasteiger charge is -2.09. The molecule has 0 radical (unpaired) electrons. The maximum Gasteiger partial charge on any atom is 0.255 e. The highest BCUT2D eigenvalue weighted by Crippen LogP contribution is 2.24. The molecule has 0 aliphatic rings. The summed E-state index contributed by atoms with van der Waals surface area (Å²) in [6.45, 7) is 3.30. The summed E-state index contributed by atoms with van der Waals surface area (Å²) < 4.78 is 28.7. The van der Waals surface area contributed by atoms with Gasteiger partial charge in [0.05, 0.1) is 35.6 Å². The van der Waals surface area contributed by atoms with Crippen molar-refractivity contribution in [2.45, 2.75) is 19.1 Å². The molecule has 0 saturated carbocycles. The van der Waals surface area contributed by atoms with Crippen molar-refractivity contribution >= 4 is 15.7 Å². The van der Waals surface area contributed by atoms with E-state index in [-0.39, 0.29) is 18.2 Å². The second kappa shape index (κ2) is 7.48. The number of rotatable bonds is 7. The van der Waals surface area contributed by atoms with Gasteiger partial charge in [-0.1, -0.05) is 12.1 Å². The molecule has 1 heterocycles. The molecule has 1 aromatic carbocycles. The number of aromatic amines is 1. The minimum atomic E-state index is -3.19. The summed E-state index contributed by atoms with van der Waals surface area (Å²) in [6.07, 6.45) is 1.42. The molecular formula is C16H21N3O4S. The van der Waals surface area contributed by atoms with Gasteiger partial charge in [-0.2, -0.15) is 5.10 Å². The number of aromatic nitrogens is 2. The first-order valence-electron chi connectivity index (χ1n) is 7.52. The lowest BCUT2D eigenvalue weighted by molar-refractivity contribution is 0.0957. The van der Waals surface area contributed by atoms with Crippen molar-refractivity contribution in [2.24, 2.45) is 0 Å². The molecule has 0 aliphatic carbocycles. The molecule has 0 fully saturated rings. The number of carbonyl (C=O) groups is 1. The van der Waals surface area contributed by atoms with Crippen LogP contribution in [0.25, 0.3) is 11.3 Å². The van der Waals surface area contributed by atoms with E-state index in [1.807, 2.05) is 12.1 Å². The lowest BCUT2D eigenvalue weighted by Crippen LogP contribution is -2.31. The standard InChI is InChI=1S/C16H21N3O4S/c1-11(2)24(21,22)8-7-17-16(20)14-10-18-19-15(14)12-5-4-6-13(9-12)23-3/h4-6,9-11H,7-8H2,1-3H3,(H,17,20)(H,18,19). The van der Waals surface area contributed by atoms with Gasteiger partial charge in [0.25, 0.3) is 5.91 Å². The van der Waals surface area contributed by atoms with E-state index in [4.69, 9.17) is 4.74 Å². The van der Waals surface area contributed by atoms with E-state index in [0.29, 0.717) is 17.0 Å². The number of methoxy groups -OCH3 is 1. The highest BCUT2D eigenvalue weighted by Gasteiger charge is 2.18. The number of hydrogen-bond donors (Lipinski definition) is 2. The van der Waals surface area contributed by atoms with Gasteiger partial charge in [-0.05, 0) is 26.0 Å². The van der Waals surface area contributed by atoms with E-state index < -0.39 is 15.1 Å². The summed E-state index contributed by atoms with van der Waals surface area (Å²) in [5.41, 5.74) is 1.66. The Labute approximate surface area is 141 Å². The maximum atomic E-state index is 12.3. The largest absolute Gasteiger partial charge is 0.497 e. The predicted molar refractivity (Wildman–Crippen MR) is 91.8 cm³/mol. The first-order valence-corrected chi connectivity index (χ1v) is 9.24. The first-order chi connectivity index (χ1) is 11.3. The summed E-state index contributed by atoms with van der Waals surface area (Å²) in [5.74, 6) is 0.194. The van der Waals surface area contributed by atoms with Crippen LogP contribution in [0, 0.1) is 0 Å². The van der Waals surface area contributed by atoms with Crippen LogP contribution in [0.4, 0.5) is 0 Å². The van der Waals surface area contributed by atoms with Gasteiger partial charge in [0.2, 0.25) is 0 Å². The van der Waals surface area contributed by atoms with Crippen LogP contribution in [0.1, 0.15) is 24.2 Å². The summed E-state index contributed by atoms with van der Waals surface area (Å²) in [5, 5.41) is 8.87. The minimum Gasteiger partial charge on any atom is -0.497 e. The normalized spacial score (nSPS) is 11.5. The molecule has 2 rings (SSSR count). The second-order valence-electron chi connectivity index (χ2n) is 5.56. The van der Waals surface area contributed by atoms with E-state index in [1.165, 1.54) is 6.20 Å². The molecule has 7 nitrogen and oxygen atoms in total. The van der Waals surface area contributed by atoms with Gasteiger partial charge >= 0.3 is 0 Å². The highest BCUT2D eigenvalue weighted by molar-refractivity contribution is 7.92. The van der Waals surface area contributed by atoms with Crippen molar-refractivity contribution in [3.63, 3.8) is 0 Å². The van der Waals surface area contributed by atoms with Gasteiger partial charge in [-0.25, -0.2) is 8.42 Å². The molecule has 130 valence electrons. The van der Waals surface area contributed by atoms with E-state index in [0.717, 1.165) is 5.56 Å². The van der Waals surface area contributed by atoms with Crippen molar-refractivity contribution in [2.75, 3.05) is 19.4 Å². The Morgan fingerprint density at radius 2 is 2.12 bits per heavy atom. The average molecular weight is 351 g/mol. The number of carbonyl (C=O) groups excluding carboxylic acids is 1. The van der Waals surface area contributed by atoms with Crippen molar-refractivity contribution in [1.29, 1.82) is 0 Å². The summed E-state index contributed by atoms with van der Waals surface area (Å²) in [7, 11) is -1.62. The Balaban J connectivity index is 2.10. The van der Waals surface area contributed by atoms with Gasteiger partial charge in [0, 0.05) is 12.1 Å². The minimum absolute atomic E-state index is 0.0576. The number of hydrogen-bond acceptors (Lipinski definition) is 5. The molecule has 1 aromatic heterocycles. The van der Waals surface area contributed by atoms with E-state index in [1.54, 1.807) is 33.1 Å². The van der Waals surface area contributed by atoms with Crippen LogP contribution < -0.4 is 10.1 Å². The van der Waals surface area contributed by atoms with Crippen LogP contribution in [0.2, 0.25) is 0 Å². The maximum absolute atomic E-state index is 12.3. The second-order valence-corrected chi connectivity index (χ2v) is 8.24. The molecule has 0 unspecified atom stereocenters. The SMILES string of the molecule is COc1cccc(-c2[nH]ncc2C(=O)NCCS(=O)(=O)C(C)C)c1. The zero-order valence-corrected chi connectivity index (χ0v) is 14.7. The molecule has 0 bridgehead atoms. The molecule has 24 heavy (non-hydrogen) atoms. The predicted octanol–water partition coefficient (Wildman–Crippen LogP) is 1.64. The average Bonchev–Trinajstić information content (AvgIpc) is 3.04. The molecule has 8 heteroatoms. The zero-order valence-electron chi connectivity index (χ0n) is 13.9. The van der Waals surface area contributed by atoms with Crippen molar-refractivity contribution < 1.29 is 17.9 Å². The van der Waals surface area contributed by atoms with Gasteiger partial charge in [0.15, 0.2) is 9.84 Å². The van der Waals surface area contributed by atoms with Crippen molar-refractivity contribution in [3.8, 4) is 17.0 Å². The monoisotopic (exact) mass is 351 g/mol. The Morgan fingerprint density at radius 3 is 2.79 bits per heavy atom. The molecule has 0 atom stereocenters. The zero-order chi connectivity index (χ0) is 17.7. The van der Waals surface area contributed by atoms with E-state index in [9.17, 15) is 13.2 Å². The third-order valence-electron chi connectivity index (χ3n) is 3.63. The topological polar surface area (TPSA) is 101 Å². The number of amides is 1. The van der Waals surface area contributed by atoms with Crippen molar-refractivity contribution in [3.05, 3.63) is 36.0 Å². The molecule has 2 aromatic rings. The van der Waals surface area contributed by atoms with Gasteiger partial charge in [0.1, 0.15) is 5.75 Å². The van der Waals surface area contributed by atoms with Gasteiger partial charge in [-0.15, -0.1) is 0 Å². The van der Waals surface area contributed by atoms with Crippen LogP contribution in [-0.4, -0.2) is 49.2 Å². The quantitative estimate of drug-likeness (QED) is 0.790. The molecule has 2 N–H and O–H groups in total. The molecule has 0 aliphatic heterocycles. The molecule has 1 amide bonds. The smallest absolute Gasteiger partial charge is 0.255 e. The number of nitrogens with one attached hydrogen (secondary N) is 2. The van der Waals surface area contributed by atoms with Crippen LogP contribution in [0.5, 0.6) is 5.75 Å². The third kappa shape index (κ3) is 4.14. The number of benzene rings is 1. The van der Waals surface area contributed by atoms with Crippen LogP contribution in [0.3, 0.4) is 0 Å². The van der Waals surface area contributed by atoms with Gasteiger partial charge < -0.3 is 10.1 Å². The lowest BCUT2D eigenvalue weighted by atomic mass is 10.1. The van der Waals surface area contributed by atoms with E-state index >= 15 is 0 Å². The summed E-state index contributed by atoms with van der Waals surface area (Å²) in [6, 6.07) is 7.23. The molecule has 0 saturated heterocycles. The van der Waals surface area contributed by atoms with E-state index in [2.05, 4.69) is 15.5 Å². The fraction of sp³-hybridized carbons (Fsp3) is 0.375. The van der Waals surface area contributed by atoms with Crippen molar-refractivity contribution in [1.82, 2.24) is 15.5 Å². The fourth-order valence-corrected chi connectivity index (χ4v) is 2.95. The summed E-state index contributed by atoms with van der Waals surface area (Å²) >= 11 is 0. The molecule has 0 spiro atoms. The first kappa shape index (κ1) is 18.0. The third-order valence-corrected chi connectivity index (χ3v) is 5.84. The summed E-state index contributed by atoms with van der Waals surface area (Å²) in [4.78, 5) is 12.3. The van der Waals surface area contributed by atoms with Crippen LogP contribution in [-0.2, 0) is 9.84 Å². The van der Waals surface area contributed by atoms with Gasteiger partial charge in [-0.3, -0.25) is 9.89 Å². The fourth-order valence-electron chi connectivity index (χ4n) is 2.09.